The second kappa shape index (κ2) is 9.88. The van der Waals surface area contributed by atoms with Crippen LogP contribution in [0, 0.1) is 0 Å². The van der Waals surface area contributed by atoms with Crippen molar-refractivity contribution in [3.05, 3.63) is 48.3 Å². The number of hydrogen-bond acceptors (Lipinski definition) is 6. The molecule has 1 aromatic carbocycles. The molecule has 0 saturated carbocycles. The van der Waals surface area contributed by atoms with Gasteiger partial charge in [-0.25, -0.2) is 8.42 Å². The van der Waals surface area contributed by atoms with Gasteiger partial charge < -0.3 is 15.0 Å². The average Bonchev–Trinajstić information content (AvgIpc) is 3.01. The van der Waals surface area contributed by atoms with Crippen molar-refractivity contribution in [3.63, 3.8) is 0 Å². The fraction of sp³-hybridized carbons (Fsp3) is 0.381. The Bertz CT molecular complexity index is 1040. The molecule has 0 unspecified atom stereocenters. The van der Waals surface area contributed by atoms with E-state index in [4.69, 9.17) is 4.74 Å². The predicted octanol–water partition coefficient (Wildman–Crippen LogP) is 1.51. The van der Waals surface area contributed by atoms with E-state index in [0.29, 0.717) is 37.5 Å². The quantitative estimate of drug-likeness (QED) is 0.721. The zero-order valence-corrected chi connectivity index (χ0v) is 18.4. The van der Waals surface area contributed by atoms with Crippen molar-refractivity contribution in [2.24, 2.45) is 0 Å². The number of pyridine rings is 1. The van der Waals surface area contributed by atoms with E-state index in [1.807, 2.05) is 6.07 Å². The zero-order valence-electron chi connectivity index (χ0n) is 17.6. The maximum atomic E-state index is 13.2. The van der Waals surface area contributed by atoms with Crippen LogP contribution < -0.4 is 10.1 Å². The largest absolute Gasteiger partial charge is 0.495 e. The number of carbonyl (C=O) groups is 2. The molecule has 1 aliphatic heterocycles. The summed E-state index contributed by atoms with van der Waals surface area (Å²) in [6, 6.07) is 9.77. The predicted molar refractivity (Wildman–Crippen MR) is 115 cm³/mol. The molecule has 1 fully saturated rings. The number of methoxy groups -OCH3 is 1. The van der Waals surface area contributed by atoms with Crippen LogP contribution in [0.4, 0.5) is 5.69 Å². The van der Waals surface area contributed by atoms with Crippen molar-refractivity contribution in [2.45, 2.75) is 24.7 Å². The van der Waals surface area contributed by atoms with Crippen molar-refractivity contribution in [1.82, 2.24) is 14.2 Å². The van der Waals surface area contributed by atoms with E-state index in [-0.39, 0.29) is 35.4 Å². The van der Waals surface area contributed by atoms with E-state index in [2.05, 4.69) is 10.3 Å². The second-order valence-corrected chi connectivity index (χ2v) is 9.12. The maximum absolute atomic E-state index is 13.2. The average molecular weight is 447 g/mol. The molecule has 2 heterocycles. The number of aromatic nitrogens is 1. The fourth-order valence-electron chi connectivity index (χ4n) is 3.44. The van der Waals surface area contributed by atoms with Gasteiger partial charge in [0, 0.05) is 45.0 Å². The summed E-state index contributed by atoms with van der Waals surface area (Å²) in [5.74, 6) is -0.0312. The third kappa shape index (κ3) is 5.59. The van der Waals surface area contributed by atoms with Gasteiger partial charge in [0.1, 0.15) is 5.75 Å². The lowest BCUT2D eigenvalue weighted by atomic mass is 10.2. The third-order valence-electron chi connectivity index (χ3n) is 4.99. The van der Waals surface area contributed by atoms with Gasteiger partial charge in [0.2, 0.25) is 21.8 Å². The zero-order chi connectivity index (χ0) is 22.4. The highest BCUT2D eigenvalue weighted by atomic mass is 32.2. The lowest BCUT2D eigenvalue weighted by molar-refractivity contribution is -0.130. The Morgan fingerprint density at radius 1 is 1.13 bits per heavy atom. The number of rotatable bonds is 6. The topological polar surface area (TPSA) is 109 Å². The molecule has 31 heavy (non-hydrogen) atoms. The fourth-order valence-corrected chi connectivity index (χ4v) is 4.93. The number of amides is 2. The van der Waals surface area contributed by atoms with Gasteiger partial charge in [-0.15, -0.1) is 0 Å². The molecule has 2 amide bonds. The summed E-state index contributed by atoms with van der Waals surface area (Å²) < 4.78 is 33.0. The van der Waals surface area contributed by atoms with Crippen LogP contribution >= 0.6 is 0 Å². The summed E-state index contributed by atoms with van der Waals surface area (Å²) in [5.41, 5.74) is 0.975. The minimum Gasteiger partial charge on any atom is -0.495 e. The Hall–Kier alpha value is -2.98. The van der Waals surface area contributed by atoms with Crippen LogP contribution in [0.25, 0.3) is 0 Å². The van der Waals surface area contributed by atoms with Gasteiger partial charge >= 0.3 is 0 Å². The van der Waals surface area contributed by atoms with Crippen LogP contribution in [0.15, 0.2) is 47.5 Å². The Balaban J connectivity index is 1.73. The highest BCUT2D eigenvalue weighted by molar-refractivity contribution is 7.89. The number of hydrogen-bond donors (Lipinski definition) is 1. The van der Waals surface area contributed by atoms with E-state index >= 15 is 0 Å². The first-order chi connectivity index (χ1) is 14.8. The normalized spacial score (nSPS) is 15.2. The molecular formula is C21H26N4O5S. The highest BCUT2D eigenvalue weighted by Gasteiger charge is 2.29. The molecule has 3 rings (SSSR count). The number of carbonyl (C=O) groups excluding carboxylic acids is 2. The molecule has 1 saturated heterocycles. The van der Waals surface area contributed by atoms with E-state index in [1.54, 1.807) is 23.2 Å². The molecule has 1 N–H and O–H groups in total. The van der Waals surface area contributed by atoms with Gasteiger partial charge in [-0.2, -0.15) is 4.31 Å². The number of sulfonamides is 1. The smallest absolute Gasteiger partial charge is 0.243 e. The third-order valence-corrected chi connectivity index (χ3v) is 6.88. The van der Waals surface area contributed by atoms with Crippen LogP contribution in [0.2, 0.25) is 0 Å². The molecule has 0 radical (unpaired) electrons. The summed E-state index contributed by atoms with van der Waals surface area (Å²) in [6.45, 7) is 2.62. The first-order valence-corrected chi connectivity index (χ1v) is 11.4. The van der Waals surface area contributed by atoms with E-state index in [9.17, 15) is 18.0 Å². The summed E-state index contributed by atoms with van der Waals surface area (Å²) in [7, 11) is -2.36. The van der Waals surface area contributed by atoms with Crippen LogP contribution in [0.1, 0.15) is 19.0 Å². The molecule has 0 aliphatic carbocycles. The molecule has 0 bridgehead atoms. The molecule has 166 valence electrons. The minimum atomic E-state index is -3.80. The summed E-state index contributed by atoms with van der Waals surface area (Å²) >= 11 is 0. The molecule has 2 aromatic rings. The van der Waals surface area contributed by atoms with Crippen molar-refractivity contribution in [2.75, 3.05) is 38.6 Å². The van der Waals surface area contributed by atoms with Crippen molar-refractivity contribution in [3.8, 4) is 5.75 Å². The van der Waals surface area contributed by atoms with Crippen LogP contribution in [-0.4, -0.2) is 67.7 Å². The first kappa shape index (κ1) is 22.7. The molecule has 0 atom stereocenters. The summed E-state index contributed by atoms with van der Waals surface area (Å²) in [4.78, 5) is 30.0. The summed E-state index contributed by atoms with van der Waals surface area (Å²) in [6.07, 6.45) is 2.36. The van der Waals surface area contributed by atoms with Gasteiger partial charge in [0.15, 0.2) is 0 Å². The van der Waals surface area contributed by atoms with Gasteiger partial charge in [-0.05, 0) is 36.8 Å². The minimum absolute atomic E-state index is 0.0605. The molecule has 1 aromatic heterocycles. The number of anilines is 1. The lowest BCUT2D eigenvalue weighted by Crippen LogP contribution is -2.38. The number of nitrogens with one attached hydrogen (secondary N) is 1. The van der Waals surface area contributed by atoms with E-state index in [1.165, 1.54) is 36.5 Å². The van der Waals surface area contributed by atoms with Crippen molar-refractivity contribution < 1.29 is 22.7 Å². The number of benzene rings is 1. The molecule has 1 aliphatic rings. The van der Waals surface area contributed by atoms with Crippen LogP contribution in [-0.2, 0) is 26.0 Å². The SMILES string of the molecule is COc1ccc(S(=O)(=O)N2CCCN(C(=O)Cc3ccccn3)CC2)cc1NC(C)=O. The molecular weight excluding hydrogens is 420 g/mol. The van der Waals surface area contributed by atoms with Gasteiger partial charge in [-0.3, -0.25) is 14.6 Å². The van der Waals surface area contributed by atoms with Crippen LogP contribution in [0.5, 0.6) is 5.75 Å². The van der Waals surface area contributed by atoms with E-state index in [0.717, 1.165) is 0 Å². The van der Waals surface area contributed by atoms with Crippen LogP contribution in [0.3, 0.4) is 0 Å². The van der Waals surface area contributed by atoms with Crippen molar-refractivity contribution >= 4 is 27.5 Å². The monoisotopic (exact) mass is 446 g/mol. The standard InChI is InChI=1S/C21H26N4O5S/c1-16(26)23-19-15-18(7-8-20(19)30-2)31(28,29)25-11-5-10-24(12-13-25)21(27)14-17-6-3-4-9-22-17/h3-4,6-9,15H,5,10-14H2,1-2H3,(H,23,26). The Kier molecular flexibility index (Phi) is 7.24. The van der Waals surface area contributed by atoms with Gasteiger partial charge in [0.25, 0.3) is 0 Å². The molecule has 0 spiro atoms. The Labute approximate surface area is 182 Å². The highest BCUT2D eigenvalue weighted by Crippen LogP contribution is 2.29. The Morgan fingerprint density at radius 2 is 1.94 bits per heavy atom. The van der Waals surface area contributed by atoms with E-state index < -0.39 is 10.0 Å². The maximum Gasteiger partial charge on any atom is 0.243 e. The van der Waals surface area contributed by atoms with Gasteiger partial charge in [0.05, 0.1) is 24.1 Å². The summed E-state index contributed by atoms with van der Waals surface area (Å²) in [5, 5.41) is 2.59. The molecule has 10 heteroatoms. The first-order valence-electron chi connectivity index (χ1n) is 9.94. The van der Waals surface area contributed by atoms with Gasteiger partial charge in [-0.1, -0.05) is 6.07 Å². The lowest BCUT2D eigenvalue weighted by Gasteiger charge is -2.22. The second-order valence-electron chi connectivity index (χ2n) is 7.18. The molecule has 9 nitrogen and oxygen atoms in total. The number of ether oxygens (including phenoxy) is 1. The van der Waals surface area contributed by atoms with Crippen molar-refractivity contribution in [1.29, 1.82) is 0 Å². The Morgan fingerprint density at radius 3 is 2.61 bits per heavy atom. The number of nitrogens with zero attached hydrogens (tertiary/aromatic N) is 3.